The third-order valence-corrected chi connectivity index (χ3v) is 5.24. The van der Waals surface area contributed by atoms with Crippen molar-refractivity contribution in [3.05, 3.63) is 59.1 Å². The number of halogens is 1. The van der Waals surface area contributed by atoms with Gasteiger partial charge in [-0.2, -0.15) is 5.10 Å². The molecule has 3 rings (SSSR count). The van der Waals surface area contributed by atoms with E-state index < -0.39 is 0 Å². The van der Waals surface area contributed by atoms with E-state index in [1.807, 2.05) is 49.0 Å². The normalized spacial score (nSPS) is 11.2. The molecule has 0 fully saturated rings. The van der Waals surface area contributed by atoms with Crippen molar-refractivity contribution in [3.63, 3.8) is 0 Å². The minimum absolute atomic E-state index is 0.228. The predicted octanol–water partition coefficient (Wildman–Crippen LogP) is 3.92. The lowest BCUT2D eigenvalue weighted by Crippen LogP contribution is -2.07. The van der Waals surface area contributed by atoms with Crippen LogP contribution in [0.15, 0.2) is 52.8 Å². The van der Waals surface area contributed by atoms with Gasteiger partial charge in [-0.05, 0) is 37.3 Å². The first kappa shape index (κ1) is 18.3. The molecular weight excluding hydrogens is 370 g/mol. The lowest BCUT2D eigenvalue weighted by Gasteiger charge is -2.05. The molecule has 0 saturated carbocycles. The summed E-state index contributed by atoms with van der Waals surface area (Å²) in [5, 5.41) is 8.45. The van der Waals surface area contributed by atoms with Gasteiger partial charge in [0.15, 0.2) is 5.16 Å². The molecule has 6 nitrogen and oxygen atoms in total. The number of nitrogens with zero attached hydrogens (tertiary/aromatic N) is 4. The van der Waals surface area contributed by atoms with E-state index >= 15 is 0 Å². The molecule has 134 valence electrons. The molecule has 0 atom stereocenters. The van der Waals surface area contributed by atoms with Gasteiger partial charge in [-0.25, -0.2) is 4.98 Å². The number of nitrogens with one attached hydrogen (secondary N) is 1. The quantitative estimate of drug-likeness (QED) is 0.674. The lowest BCUT2D eigenvalue weighted by atomic mass is 10.2. The number of hydrogen-bond acceptors (Lipinski definition) is 4. The highest BCUT2D eigenvalue weighted by Gasteiger charge is 2.08. The summed E-state index contributed by atoms with van der Waals surface area (Å²) in [5.74, 6) is -0.228. The number of rotatable bonds is 5. The minimum Gasteiger partial charge on any atom is -0.329 e. The monoisotopic (exact) mass is 387 g/mol. The van der Waals surface area contributed by atoms with Gasteiger partial charge in [0.05, 0.1) is 5.69 Å². The number of hydrogen-bond donors (Lipinski definition) is 1. The summed E-state index contributed by atoms with van der Waals surface area (Å²) in [6.07, 6.45) is 6.79. The molecule has 0 aliphatic carbocycles. The van der Waals surface area contributed by atoms with E-state index in [4.69, 9.17) is 11.6 Å². The second kappa shape index (κ2) is 7.80. The molecule has 0 aliphatic rings. The highest BCUT2D eigenvalue weighted by molar-refractivity contribution is 7.99. The van der Waals surface area contributed by atoms with E-state index in [9.17, 15) is 4.79 Å². The Bertz CT molecular complexity index is 959. The number of carbonyl (C=O) groups excluding carboxylic acids is 1. The second-order valence-corrected chi connectivity index (χ2v) is 7.08. The summed E-state index contributed by atoms with van der Waals surface area (Å²) in [4.78, 5) is 17.4. The van der Waals surface area contributed by atoms with Crippen molar-refractivity contribution < 1.29 is 4.79 Å². The Labute approximate surface area is 160 Å². The van der Waals surface area contributed by atoms with Crippen LogP contribution in [0.5, 0.6) is 0 Å². The minimum atomic E-state index is -0.228. The van der Waals surface area contributed by atoms with Crippen molar-refractivity contribution in [2.75, 3.05) is 5.32 Å². The number of imidazole rings is 1. The van der Waals surface area contributed by atoms with E-state index in [0.717, 1.165) is 27.0 Å². The number of anilines is 1. The van der Waals surface area contributed by atoms with Crippen molar-refractivity contribution >= 4 is 41.0 Å². The van der Waals surface area contributed by atoms with Gasteiger partial charge in [0.25, 0.3) is 0 Å². The molecule has 2 heterocycles. The van der Waals surface area contributed by atoms with Crippen LogP contribution >= 0.6 is 23.4 Å². The van der Waals surface area contributed by atoms with Gasteiger partial charge in [0.2, 0.25) is 5.91 Å². The number of aromatic nitrogens is 4. The van der Waals surface area contributed by atoms with Gasteiger partial charge in [-0.15, -0.1) is 0 Å². The SMILES string of the molecule is Cc1nn(C)c(Cl)c1/C=C/C(=O)Nc1ccc(Sc2nccn2C)cc1. The zero-order chi connectivity index (χ0) is 18.7. The predicted molar refractivity (Wildman–Crippen MR) is 104 cm³/mol. The van der Waals surface area contributed by atoms with E-state index in [1.54, 1.807) is 35.8 Å². The maximum atomic E-state index is 12.1. The largest absolute Gasteiger partial charge is 0.329 e. The third kappa shape index (κ3) is 4.17. The highest BCUT2D eigenvalue weighted by Crippen LogP contribution is 2.26. The molecule has 0 saturated heterocycles. The topological polar surface area (TPSA) is 64.7 Å². The van der Waals surface area contributed by atoms with Gasteiger partial charge < -0.3 is 9.88 Å². The Morgan fingerprint density at radius 3 is 2.58 bits per heavy atom. The molecule has 26 heavy (non-hydrogen) atoms. The molecule has 8 heteroatoms. The summed E-state index contributed by atoms with van der Waals surface area (Å²) < 4.78 is 3.53. The summed E-state index contributed by atoms with van der Waals surface area (Å²) >= 11 is 7.72. The summed E-state index contributed by atoms with van der Waals surface area (Å²) in [7, 11) is 3.71. The Balaban J connectivity index is 1.62. The maximum Gasteiger partial charge on any atom is 0.248 e. The molecule has 0 aliphatic heterocycles. The van der Waals surface area contributed by atoms with Crippen molar-refractivity contribution in [1.82, 2.24) is 19.3 Å². The average Bonchev–Trinajstić information content (AvgIpc) is 3.11. The zero-order valence-corrected chi connectivity index (χ0v) is 16.2. The fraction of sp³-hybridized carbons (Fsp3) is 0.167. The maximum absolute atomic E-state index is 12.1. The molecule has 0 bridgehead atoms. The smallest absolute Gasteiger partial charge is 0.248 e. The number of benzene rings is 1. The highest BCUT2D eigenvalue weighted by atomic mass is 35.5. The standard InChI is InChI=1S/C18H18ClN5OS/c1-12-15(17(19)24(3)22-12)8-9-16(25)21-13-4-6-14(7-5-13)26-18-20-10-11-23(18)2/h4-11H,1-3H3,(H,21,25)/b9-8+. The van der Waals surface area contributed by atoms with Crippen molar-refractivity contribution in [1.29, 1.82) is 0 Å². The first-order valence-corrected chi connectivity index (χ1v) is 9.07. The van der Waals surface area contributed by atoms with Crippen LogP contribution in [0.2, 0.25) is 5.15 Å². The van der Waals surface area contributed by atoms with Crippen molar-refractivity contribution in [2.24, 2.45) is 14.1 Å². The van der Waals surface area contributed by atoms with E-state index in [0.29, 0.717) is 5.15 Å². The van der Waals surface area contributed by atoms with Crippen LogP contribution in [0.25, 0.3) is 6.08 Å². The van der Waals surface area contributed by atoms with Crippen LogP contribution < -0.4 is 5.32 Å². The molecule has 1 amide bonds. The van der Waals surface area contributed by atoms with Gasteiger partial charge in [0.1, 0.15) is 5.15 Å². The van der Waals surface area contributed by atoms with Crippen LogP contribution in [-0.2, 0) is 18.9 Å². The van der Waals surface area contributed by atoms with E-state index in [1.165, 1.54) is 6.08 Å². The zero-order valence-electron chi connectivity index (χ0n) is 14.6. The van der Waals surface area contributed by atoms with Crippen molar-refractivity contribution in [3.8, 4) is 0 Å². The summed E-state index contributed by atoms with van der Waals surface area (Å²) in [5.41, 5.74) is 2.24. The van der Waals surface area contributed by atoms with Crippen LogP contribution in [0.4, 0.5) is 5.69 Å². The number of aryl methyl sites for hydroxylation is 3. The van der Waals surface area contributed by atoms with Gasteiger partial charge in [-0.3, -0.25) is 9.48 Å². The van der Waals surface area contributed by atoms with Crippen LogP contribution in [-0.4, -0.2) is 25.2 Å². The van der Waals surface area contributed by atoms with Crippen LogP contribution in [0, 0.1) is 6.92 Å². The summed E-state index contributed by atoms with van der Waals surface area (Å²) in [6, 6.07) is 7.61. The molecular formula is C18H18ClN5OS. The fourth-order valence-electron chi connectivity index (χ4n) is 2.34. The molecule has 0 spiro atoms. The molecule has 1 aromatic carbocycles. The molecule has 1 N–H and O–H groups in total. The van der Waals surface area contributed by atoms with Gasteiger partial charge in [0, 0.05) is 48.7 Å². The fourth-order valence-corrected chi connectivity index (χ4v) is 3.38. The first-order chi connectivity index (χ1) is 12.4. The van der Waals surface area contributed by atoms with Crippen molar-refractivity contribution in [2.45, 2.75) is 17.0 Å². The molecule has 3 aromatic rings. The molecule has 0 unspecified atom stereocenters. The first-order valence-electron chi connectivity index (χ1n) is 7.87. The Morgan fingerprint density at radius 2 is 2.00 bits per heavy atom. The van der Waals surface area contributed by atoms with Gasteiger partial charge >= 0.3 is 0 Å². The van der Waals surface area contributed by atoms with Gasteiger partial charge in [-0.1, -0.05) is 23.4 Å². The van der Waals surface area contributed by atoms with E-state index in [-0.39, 0.29) is 5.91 Å². The van der Waals surface area contributed by atoms with Crippen LogP contribution in [0.3, 0.4) is 0 Å². The number of carbonyl (C=O) groups is 1. The lowest BCUT2D eigenvalue weighted by molar-refractivity contribution is -0.111. The Hall–Kier alpha value is -2.51. The number of amides is 1. The Morgan fingerprint density at radius 1 is 1.27 bits per heavy atom. The van der Waals surface area contributed by atoms with Crippen LogP contribution in [0.1, 0.15) is 11.3 Å². The van der Waals surface area contributed by atoms with E-state index in [2.05, 4.69) is 15.4 Å². The Kier molecular flexibility index (Phi) is 5.49. The molecule has 0 radical (unpaired) electrons. The molecule has 2 aromatic heterocycles. The third-order valence-electron chi connectivity index (χ3n) is 3.71. The second-order valence-electron chi connectivity index (χ2n) is 5.68. The summed E-state index contributed by atoms with van der Waals surface area (Å²) in [6.45, 7) is 1.85. The average molecular weight is 388 g/mol.